The highest BCUT2D eigenvalue weighted by Gasteiger charge is 2.20. The monoisotopic (exact) mass is 333 g/mol. The van der Waals surface area contributed by atoms with Crippen molar-refractivity contribution in [1.29, 1.82) is 0 Å². The molecule has 2 rings (SSSR count). The number of benzene rings is 2. The maximum Gasteiger partial charge on any atom is 0.265 e. The van der Waals surface area contributed by atoms with Gasteiger partial charge in [0.2, 0.25) is 10.0 Å². The van der Waals surface area contributed by atoms with E-state index in [0.29, 0.717) is 5.56 Å². The van der Waals surface area contributed by atoms with E-state index in [1.54, 1.807) is 48.5 Å². The van der Waals surface area contributed by atoms with Crippen molar-refractivity contribution >= 4 is 15.9 Å². The highest BCUT2D eigenvalue weighted by molar-refractivity contribution is 7.89. The lowest BCUT2D eigenvalue weighted by molar-refractivity contribution is 0.0953. The van der Waals surface area contributed by atoms with Gasteiger partial charge in [0, 0.05) is 19.2 Å². The number of sulfonamides is 1. The van der Waals surface area contributed by atoms with Crippen molar-refractivity contribution in [2.24, 2.45) is 5.84 Å². The Balaban J connectivity index is 2.16. The smallest absolute Gasteiger partial charge is 0.265 e. The first kappa shape index (κ1) is 17.1. The van der Waals surface area contributed by atoms with Gasteiger partial charge >= 0.3 is 0 Å². The largest absolute Gasteiger partial charge is 0.290 e. The molecule has 0 radical (unpaired) electrons. The molecule has 122 valence electrons. The standard InChI is InChI=1S/C16H19N3O3S/c1-12-3-9-15(10-4-12)23(21,22)19(2)11-13-5-7-14(8-6-13)16(20)18-17/h3-10H,11,17H2,1-2H3,(H,18,20). The number of hydrogen-bond donors (Lipinski definition) is 2. The van der Waals surface area contributed by atoms with Gasteiger partial charge in [-0.15, -0.1) is 0 Å². The molecule has 0 bridgehead atoms. The first-order valence-corrected chi connectivity index (χ1v) is 8.41. The molecule has 0 saturated carbocycles. The number of carbonyl (C=O) groups is 1. The maximum absolute atomic E-state index is 12.5. The van der Waals surface area contributed by atoms with E-state index in [1.807, 2.05) is 12.3 Å². The minimum Gasteiger partial charge on any atom is -0.290 e. The van der Waals surface area contributed by atoms with Crippen molar-refractivity contribution in [2.75, 3.05) is 7.05 Å². The Morgan fingerprint density at radius 1 is 1.09 bits per heavy atom. The number of nitrogens with two attached hydrogens (primary N) is 1. The highest BCUT2D eigenvalue weighted by Crippen LogP contribution is 2.17. The summed E-state index contributed by atoms with van der Waals surface area (Å²) in [6.45, 7) is 2.11. The molecule has 0 unspecified atom stereocenters. The van der Waals surface area contributed by atoms with E-state index in [4.69, 9.17) is 5.84 Å². The minimum absolute atomic E-state index is 0.209. The first-order valence-electron chi connectivity index (χ1n) is 6.97. The molecule has 6 nitrogen and oxygen atoms in total. The van der Waals surface area contributed by atoms with Crippen LogP contribution in [-0.2, 0) is 16.6 Å². The van der Waals surface area contributed by atoms with E-state index in [1.165, 1.54) is 11.4 Å². The van der Waals surface area contributed by atoms with E-state index in [-0.39, 0.29) is 11.4 Å². The van der Waals surface area contributed by atoms with Crippen LogP contribution in [0.5, 0.6) is 0 Å². The normalized spacial score (nSPS) is 11.5. The van der Waals surface area contributed by atoms with Gasteiger partial charge in [-0.3, -0.25) is 10.2 Å². The van der Waals surface area contributed by atoms with E-state index in [9.17, 15) is 13.2 Å². The predicted molar refractivity (Wildman–Crippen MR) is 87.9 cm³/mol. The van der Waals surface area contributed by atoms with Gasteiger partial charge in [0.1, 0.15) is 0 Å². The molecule has 0 saturated heterocycles. The summed E-state index contributed by atoms with van der Waals surface area (Å²) >= 11 is 0. The van der Waals surface area contributed by atoms with Crippen molar-refractivity contribution in [2.45, 2.75) is 18.4 Å². The molecule has 2 aromatic carbocycles. The van der Waals surface area contributed by atoms with Gasteiger partial charge in [-0.25, -0.2) is 14.3 Å². The average molecular weight is 333 g/mol. The van der Waals surface area contributed by atoms with Crippen LogP contribution in [0.2, 0.25) is 0 Å². The van der Waals surface area contributed by atoms with Crippen LogP contribution in [0.3, 0.4) is 0 Å². The molecule has 0 aromatic heterocycles. The van der Waals surface area contributed by atoms with Gasteiger partial charge in [0.15, 0.2) is 0 Å². The SMILES string of the molecule is Cc1ccc(S(=O)(=O)N(C)Cc2ccc(C(=O)NN)cc2)cc1. The third-order valence-electron chi connectivity index (χ3n) is 3.48. The molecule has 0 fully saturated rings. The predicted octanol–water partition coefficient (Wildman–Crippen LogP) is 1.42. The average Bonchev–Trinajstić information content (AvgIpc) is 2.55. The molecule has 0 aliphatic heterocycles. The lowest BCUT2D eigenvalue weighted by Crippen LogP contribution is -2.30. The number of rotatable bonds is 5. The van der Waals surface area contributed by atoms with E-state index < -0.39 is 15.9 Å². The number of nitrogens with one attached hydrogen (secondary N) is 1. The second-order valence-corrected chi connectivity index (χ2v) is 7.29. The highest BCUT2D eigenvalue weighted by atomic mass is 32.2. The fraction of sp³-hybridized carbons (Fsp3) is 0.188. The quantitative estimate of drug-likeness (QED) is 0.492. The second-order valence-electron chi connectivity index (χ2n) is 5.24. The van der Waals surface area contributed by atoms with Crippen molar-refractivity contribution in [3.63, 3.8) is 0 Å². The Morgan fingerprint density at radius 2 is 1.65 bits per heavy atom. The summed E-state index contributed by atoms with van der Waals surface area (Å²) < 4.78 is 26.3. The van der Waals surface area contributed by atoms with Crippen molar-refractivity contribution in [3.8, 4) is 0 Å². The second kappa shape index (κ2) is 6.91. The van der Waals surface area contributed by atoms with E-state index in [0.717, 1.165) is 11.1 Å². The topological polar surface area (TPSA) is 92.5 Å². The van der Waals surface area contributed by atoms with Gasteiger partial charge < -0.3 is 0 Å². The number of carbonyl (C=O) groups excluding carboxylic acids is 1. The zero-order chi connectivity index (χ0) is 17.0. The summed E-state index contributed by atoms with van der Waals surface area (Å²) in [5.74, 6) is 4.68. The zero-order valence-electron chi connectivity index (χ0n) is 13.0. The number of hydrogen-bond acceptors (Lipinski definition) is 4. The van der Waals surface area contributed by atoms with Crippen LogP contribution in [0.15, 0.2) is 53.4 Å². The Bertz CT molecular complexity index is 784. The number of amides is 1. The zero-order valence-corrected chi connectivity index (χ0v) is 13.8. The number of nitrogens with zero attached hydrogens (tertiary/aromatic N) is 1. The maximum atomic E-state index is 12.5. The van der Waals surface area contributed by atoms with Gasteiger partial charge in [-0.2, -0.15) is 4.31 Å². The third-order valence-corrected chi connectivity index (χ3v) is 5.30. The Morgan fingerprint density at radius 3 is 2.17 bits per heavy atom. The fourth-order valence-electron chi connectivity index (χ4n) is 2.08. The van der Waals surface area contributed by atoms with Crippen LogP contribution in [0.25, 0.3) is 0 Å². The number of nitrogen functional groups attached to an aromatic ring is 1. The van der Waals surface area contributed by atoms with E-state index in [2.05, 4.69) is 0 Å². The molecule has 23 heavy (non-hydrogen) atoms. The Hall–Kier alpha value is -2.22. The summed E-state index contributed by atoms with van der Waals surface area (Å²) in [7, 11) is -2.03. The molecule has 0 atom stereocenters. The van der Waals surface area contributed by atoms with Crippen molar-refractivity contribution < 1.29 is 13.2 Å². The lowest BCUT2D eigenvalue weighted by Gasteiger charge is -2.17. The fourth-order valence-corrected chi connectivity index (χ4v) is 3.24. The summed E-state index contributed by atoms with van der Waals surface area (Å²) in [6, 6.07) is 13.3. The third kappa shape index (κ3) is 3.95. The molecule has 2 aromatic rings. The van der Waals surface area contributed by atoms with Crippen molar-refractivity contribution in [3.05, 3.63) is 65.2 Å². The summed E-state index contributed by atoms with van der Waals surface area (Å²) in [4.78, 5) is 11.6. The minimum atomic E-state index is -3.55. The van der Waals surface area contributed by atoms with Crippen LogP contribution in [0.4, 0.5) is 0 Å². The van der Waals surface area contributed by atoms with Crippen LogP contribution in [0, 0.1) is 6.92 Å². The molecule has 7 heteroatoms. The van der Waals surface area contributed by atoms with Crippen molar-refractivity contribution in [1.82, 2.24) is 9.73 Å². The number of hydrazine groups is 1. The summed E-state index contributed by atoms with van der Waals surface area (Å²) in [6.07, 6.45) is 0. The van der Waals surface area contributed by atoms with Crippen LogP contribution < -0.4 is 11.3 Å². The van der Waals surface area contributed by atoms with Crippen LogP contribution in [0.1, 0.15) is 21.5 Å². The van der Waals surface area contributed by atoms with Gasteiger partial charge in [-0.05, 0) is 36.8 Å². The summed E-state index contributed by atoms with van der Waals surface area (Å²) in [5.41, 5.74) is 4.24. The first-order chi connectivity index (χ1) is 10.8. The molecular formula is C16H19N3O3S. The molecule has 0 spiro atoms. The van der Waals surface area contributed by atoms with Gasteiger partial charge in [0.25, 0.3) is 5.91 Å². The summed E-state index contributed by atoms with van der Waals surface area (Å²) in [5, 5.41) is 0. The molecular weight excluding hydrogens is 314 g/mol. The van der Waals surface area contributed by atoms with Crippen LogP contribution in [-0.4, -0.2) is 25.7 Å². The molecule has 0 aliphatic carbocycles. The van der Waals surface area contributed by atoms with E-state index >= 15 is 0 Å². The number of aryl methyl sites for hydroxylation is 1. The Kier molecular flexibility index (Phi) is 5.15. The molecule has 1 amide bonds. The molecule has 0 aliphatic rings. The molecule has 3 N–H and O–H groups in total. The van der Waals surface area contributed by atoms with Gasteiger partial charge in [0.05, 0.1) is 4.90 Å². The lowest BCUT2D eigenvalue weighted by atomic mass is 10.1. The molecule has 0 heterocycles. The van der Waals surface area contributed by atoms with Gasteiger partial charge in [-0.1, -0.05) is 29.8 Å². The van der Waals surface area contributed by atoms with Crippen LogP contribution >= 0.6 is 0 Å². The Labute approximate surface area is 135 Å².